The maximum atomic E-state index is 12.5. The number of nitrogens with one attached hydrogen (secondary N) is 1. The van der Waals surface area contributed by atoms with Crippen molar-refractivity contribution < 1.29 is 14.3 Å². The van der Waals surface area contributed by atoms with Crippen LogP contribution in [0.15, 0.2) is 48.5 Å². The molecule has 0 atom stereocenters. The molecular weight excluding hydrogens is 390 g/mol. The molecule has 1 aliphatic heterocycles. The van der Waals surface area contributed by atoms with Crippen molar-refractivity contribution in [2.75, 3.05) is 43.0 Å². The Morgan fingerprint density at radius 1 is 0.968 bits per heavy atom. The van der Waals surface area contributed by atoms with E-state index in [0.29, 0.717) is 24.5 Å². The Bertz CT molecular complexity index is 855. The van der Waals surface area contributed by atoms with Gasteiger partial charge >= 0.3 is 0 Å². The SMILES string of the molecule is CCCC(=O)N1CCN(c2ccc(NC(=O)c3ccc(OCC(C)C)cc3)cc2)CC1. The second-order valence-corrected chi connectivity index (χ2v) is 8.35. The van der Waals surface area contributed by atoms with E-state index in [4.69, 9.17) is 4.74 Å². The summed E-state index contributed by atoms with van der Waals surface area (Å²) in [5, 5.41) is 2.94. The third kappa shape index (κ3) is 6.48. The van der Waals surface area contributed by atoms with E-state index in [2.05, 4.69) is 24.1 Å². The van der Waals surface area contributed by atoms with Gasteiger partial charge in [-0.1, -0.05) is 20.8 Å². The molecule has 2 aromatic carbocycles. The quantitative estimate of drug-likeness (QED) is 0.683. The number of ether oxygens (including phenoxy) is 1. The van der Waals surface area contributed by atoms with Crippen LogP contribution < -0.4 is 15.0 Å². The molecular formula is C25H33N3O3. The number of hydrogen-bond donors (Lipinski definition) is 1. The van der Waals surface area contributed by atoms with E-state index >= 15 is 0 Å². The highest BCUT2D eigenvalue weighted by molar-refractivity contribution is 6.04. The van der Waals surface area contributed by atoms with Gasteiger partial charge < -0.3 is 19.9 Å². The van der Waals surface area contributed by atoms with E-state index in [1.165, 1.54) is 0 Å². The topological polar surface area (TPSA) is 61.9 Å². The molecule has 0 aliphatic carbocycles. The van der Waals surface area contributed by atoms with Crippen LogP contribution in [-0.2, 0) is 4.79 Å². The molecule has 1 heterocycles. The third-order valence-electron chi connectivity index (χ3n) is 5.29. The predicted molar refractivity (Wildman–Crippen MR) is 125 cm³/mol. The van der Waals surface area contributed by atoms with Crippen LogP contribution >= 0.6 is 0 Å². The van der Waals surface area contributed by atoms with Gasteiger partial charge in [0.25, 0.3) is 5.91 Å². The maximum Gasteiger partial charge on any atom is 0.255 e. The van der Waals surface area contributed by atoms with Crippen LogP contribution in [-0.4, -0.2) is 49.5 Å². The molecule has 0 spiro atoms. The van der Waals surface area contributed by atoms with Gasteiger partial charge in [-0.3, -0.25) is 9.59 Å². The van der Waals surface area contributed by atoms with Gasteiger partial charge in [-0.25, -0.2) is 0 Å². The Balaban J connectivity index is 1.51. The average molecular weight is 424 g/mol. The molecule has 0 radical (unpaired) electrons. The Hall–Kier alpha value is -3.02. The van der Waals surface area contributed by atoms with Crippen LogP contribution in [0.1, 0.15) is 44.0 Å². The summed E-state index contributed by atoms with van der Waals surface area (Å²) in [6.07, 6.45) is 1.52. The van der Waals surface area contributed by atoms with Crippen molar-refractivity contribution >= 4 is 23.2 Å². The fraction of sp³-hybridized carbons (Fsp3) is 0.440. The van der Waals surface area contributed by atoms with E-state index < -0.39 is 0 Å². The summed E-state index contributed by atoms with van der Waals surface area (Å²) in [5.74, 6) is 1.33. The van der Waals surface area contributed by atoms with Crippen LogP contribution in [0, 0.1) is 5.92 Å². The minimum Gasteiger partial charge on any atom is -0.493 e. The standard InChI is InChI=1S/C25H33N3O3/c1-4-5-24(29)28-16-14-27(15-17-28)22-10-8-21(9-11-22)26-25(30)20-6-12-23(13-7-20)31-18-19(2)3/h6-13,19H,4-5,14-18H2,1-3H3,(H,26,30). The molecule has 0 aromatic heterocycles. The smallest absolute Gasteiger partial charge is 0.255 e. The number of nitrogens with zero attached hydrogens (tertiary/aromatic N) is 2. The molecule has 6 heteroatoms. The highest BCUT2D eigenvalue weighted by Gasteiger charge is 2.20. The first-order valence-electron chi connectivity index (χ1n) is 11.1. The lowest BCUT2D eigenvalue weighted by Gasteiger charge is -2.36. The van der Waals surface area contributed by atoms with Gasteiger partial charge in [0.05, 0.1) is 6.61 Å². The Morgan fingerprint density at radius 3 is 2.19 bits per heavy atom. The van der Waals surface area contributed by atoms with Gasteiger partial charge in [-0.05, 0) is 60.9 Å². The molecule has 1 fully saturated rings. The van der Waals surface area contributed by atoms with Crippen molar-refractivity contribution in [3.63, 3.8) is 0 Å². The largest absolute Gasteiger partial charge is 0.493 e. The van der Waals surface area contributed by atoms with Gasteiger partial charge in [-0.15, -0.1) is 0 Å². The van der Waals surface area contributed by atoms with Crippen LogP contribution in [0.2, 0.25) is 0 Å². The molecule has 1 saturated heterocycles. The summed E-state index contributed by atoms with van der Waals surface area (Å²) in [4.78, 5) is 28.8. The van der Waals surface area contributed by atoms with E-state index in [1.807, 2.05) is 48.2 Å². The molecule has 1 aliphatic rings. The minimum absolute atomic E-state index is 0.147. The number of hydrogen-bond acceptors (Lipinski definition) is 4. The molecule has 2 amide bonds. The molecule has 1 N–H and O–H groups in total. The summed E-state index contributed by atoms with van der Waals surface area (Å²) in [6.45, 7) is 10.1. The summed E-state index contributed by atoms with van der Waals surface area (Å²) >= 11 is 0. The van der Waals surface area contributed by atoms with Crippen LogP contribution in [0.5, 0.6) is 5.75 Å². The summed E-state index contributed by atoms with van der Waals surface area (Å²) < 4.78 is 5.66. The number of benzene rings is 2. The first-order valence-corrected chi connectivity index (χ1v) is 11.1. The summed E-state index contributed by atoms with van der Waals surface area (Å²) in [7, 11) is 0. The lowest BCUT2D eigenvalue weighted by molar-refractivity contribution is -0.131. The Morgan fingerprint density at radius 2 is 1.61 bits per heavy atom. The van der Waals surface area contributed by atoms with Gasteiger partial charge in [-0.2, -0.15) is 0 Å². The van der Waals surface area contributed by atoms with Crippen LogP contribution in [0.25, 0.3) is 0 Å². The zero-order valence-electron chi connectivity index (χ0n) is 18.8. The van der Waals surface area contributed by atoms with Crippen LogP contribution in [0.4, 0.5) is 11.4 Å². The van der Waals surface area contributed by atoms with Crippen molar-refractivity contribution in [2.45, 2.75) is 33.6 Å². The number of anilines is 2. The number of amides is 2. The van der Waals surface area contributed by atoms with E-state index in [1.54, 1.807) is 12.1 Å². The number of piperazine rings is 1. The van der Waals surface area contributed by atoms with Gasteiger partial charge in [0.1, 0.15) is 5.75 Å². The highest BCUT2D eigenvalue weighted by Crippen LogP contribution is 2.21. The zero-order valence-corrected chi connectivity index (χ0v) is 18.8. The van der Waals surface area contributed by atoms with Crippen molar-refractivity contribution in [1.29, 1.82) is 0 Å². The van der Waals surface area contributed by atoms with Gasteiger partial charge in [0, 0.05) is 49.5 Å². The molecule has 0 unspecified atom stereocenters. The van der Waals surface area contributed by atoms with Gasteiger partial charge in [0.2, 0.25) is 5.91 Å². The molecule has 166 valence electrons. The fourth-order valence-electron chi connectivity index (χ4n) is 3.51. The molecule has 6 nitrogen and oxygen atoms in total. The maximum absolute atomic E-state index is 12.5. The Kier molecular flexibility index (Phi) is 7.93. The second kappa shape index (κ2) is 10.8. The number of rotatable bonds is 8. The van der Waals surface area contributed by atoms with E-state index in [9.17, 15) is 9.59 Å². The molecule has 0 bridgehead atoms. The van der Waals surface area contributed by atoms with Crippen LogP contribution in [0.3, 0.4) is 0 Å². The summed E-state index contributed by atoms with van der Waals surface area (Å²) in [6, 6.07) is 15.1. The van der Waals surface area contributed by atoms with Crippen molar-refractivity contribution in [3.05, 3.63) is 54.1 Å². The third-order valence-corrected chi connectivity index (χ3v) is 5.29. The van der Waals surface area contributed by atoms with E-state index in [0.717, 1.165) is 49.7 Å². The summed E-state index contributed by atoms with van der Waals surface area (Å²) in [5.41, 5.74) is 2.45. The van der Waals surface area contributed by atoms with Crippen molar-refractivity contribution in [2.24, 2.45) is 5.92 Å². The van der Waals surface area contributed by atoms with Gasteiger partial charge in [0.15, 0.2) is 0 Å². The second-order valence-electron chi connectivity index (χ2n) is 8.35. The molecule has 3 rings (SSSR count). The minimum atomic E-state index is -0.147. The highest BCUT2D eigenvalue weighted by atomic mass is 16.5. The lowest BCUT2D eigenvalue weighted by Crippen LogP contribution is -2.48. The molecule has 2 aromatic rings. The Labute approximate surface area is 185 Å². The number of carbonyl (C=O) groups is 2. The monoisotopic (exact) mass is 423 g/mol. The first-order chi connectivity index (χ1) is 15.0. The normalized spacial score (nSPS) is 13.9. The van der Waals surface area contributed by atoms with Crippen molar-refractivity contribution in [1.82, 2.24) is 4.90 Å². The lowest BCUT2D eigenvalue weighted by atomic mass is 10.2. The zero-order chi connectivity index (χ0) is 22.2. The fourth-order valence-corrected chi connectivity index (χ4v) is 3.51. The molecule has 0 saturated carbocycles. The van der Waals surface area contributed by atoms with Crippen molar-refractivity contribution in [3.8, 4) is 5.75 Å². The first kappa shape index (κ1) is 22.7. The average Bonchev–Trinajstić information content (AvgIpc) is 2.79. The predicted octanol–water partition coefficient (Wildman–Crippen LogP) is 4.42. The molecule has 31 heavy (non-hydrogen) atoms. The number of carbonyl (C=O) groups excluding carboxylic acids is 2. The van der Waals surface area contributed by atoms with E-state index in [-0.39, 0.29) is 11.8 Å².